The van der Waals surface area contributed by atoms with Crippen LogP contribution in [0, 0.1) is 0 Å². The second-order valence-corrected chi connectivity index (χ2v) is 7.75. The molecule has 3 aromatic rings. The van der Waals surface area contributed by atoms with Crippen molar-refractivity contribution >= 4 is 17.3 Å². The van der Waals surface area contributed by atoms with Crippen LogP contribution in [0.15, 0.2) is 48.7 Å². The lowest BCUT2D eigenvalue weighted by Gasteiger charge is -2.18. The Morgan fingerprint density at radius 1 is 1.20 bits per heavy atom. The van der Waals surface area contributed by atoms with Gasteiger partial charge in [0, 0.05) is 16.6 Å². The average Bonchev–Trinajstić information content (AvgIpc) is 3.44. The van der Waals surface area contributed by atoms with Gasteiger partial charge < -0.3 is 24.1 Å². The number of nitrogens with zero attached hydrogens (tertiary/aromatic N) is 1. The molecule has 8 heteroatoms. The van der Waals surface area contributed by atoms with E-state index in [9.17, 15) is 4.79 Å². The van der Waals surface area contributed by atoms with Gasteiger partial charge in [0.25, 0.3) is 0 Å². The molecule has 30 heavy (non-hydrogen) atoms. The minimum atomic E-state index is -0.885. The van der Waals surface area contributed by atoms with Crippen LogP contribution in [0.1, 0.15) is 22.3 Å². The molecule has 0 atom stereocenters. The van der Waals surface area contributed by atoms with E-state index in [2.05, 4.69) is 4.98 Å². The van der Waals surface area contributed by atoms with E-state index in [1.54, 1.807) is 13.3 Å². The predicted octanol–water partition coefficient (Wildman–Crippen LogP) is 4.07. The summed E-state index contributed by atoms with van der Waals surface area (Å²) in [6.45, 7) is 1.37. The van der Waals surface area contributed by atoms with Gasteiger partial charge in [-0.25, -0.2) is 4.98 Å². The SMILES string of the molecule is COc1ccc(COc2cccc(-c3ncc(CC(=O)O)s3)c2C2OCCO2)cc1. The largest absolute Gasteiger partial charge is 0.497 e. The van der Waals surface area contributed by atoms with Crippen molar-refractivity contribution in [3.8, 4) is 22.1 Å². The topological polar surface area (TPSA) is 87.1 Å². The first-order valence-electron chi connectivity index (χ1n) is 9.43. The first-order chi connectivity index (χ1) is 14.6. The van der Waals surface area contributed by atoms with Gasteiger partial charge in [0.05, 0.1) is 32.3 Å². The molecular weight excluding hydrogens is 406 g/mol. The highest BCUT2D eigenvalue weighted by Crippen LogP contribution is 2.40. The van der Waals surface area contributed by atoms with Crippen molar-refractivity contribution in [3.63, 3.8) is 0 Å². The van der Waals surface area contributed by atoms with Crippen molar-refractivity contribution in [3.05, 3.63) is 64.7 Å². The maximum atomic E-state index is 11.0. The minimum absolute atomic E-state index is 0.0584. The van der Waals surface area contributed by atoms with E-state index in [1.165, 1.54) is 11.3 Å². The van der Waals surface area contributed by atoms with Crippen molar-refractivity contribution in [2.45, 2.75) is 19.3 Å². The number of hydrogen-bond acceptors (Lipinski definition) is 7. The second kappa shape index (κ2) is 9.25. The molecule has 2 aromatic carbocycles. The number of rotatable bonds is 8. The number of carbonyl (C=O) groups is 1. The zero-order chi connectivity index (χ0) is 20.9. The van der Waals surface area contributed by atoms with Crippen LogP contribution < -0.4 is 9.47 Å². The molecule has 0 spiro atoms. The summed E-state index contributed by atoms with van der Waals surface area (Å²) in [7, 11) is 1.63. The Balaban J connectivity index is 1.63. The zero-order valence-electron chi connectivity index (χ0n) is 16.4. The molecule has 0 amide bonds. The summed E-state index contributed by atoms with van der Waals surface area (Å²) >= 11 is 1.34. The third kappa shape index (κ3) is 4.62. The Morgan fingerprint density at radius 2 is 1.97 bits per heavy atom. The highest BCUT2D eigenvalue weighted by molar-refractivity contribution is 7.15. The summed E-state index contributed by atoms with van der Waals surface area (Å²) < 4.78 is 22.8. The minimum Gasteiger partial charge on any atom is -0.497 e. The fourth-order valence-corrected chi connectivity index (χ4v) is 4.11. The Hall–Kier alpha value is -2.94. The lowest BCUT2D eigenvalue weighted by atomic mass is 10.1. The number of thiazole rings is 1. The molecule has 7 nitrogen and oxygen atoms in total. The molecule has 1 aliphatic heterocycles. The van der Waals surface area contributed by atoms with Crippen molar-refractivity contribution < 1.29 is 28.8 Å². The molecule has 1 saturated heterocycles. The van der Waals surface area contributed by atoms with Gasteiger partial charge in [-0.2, -0.15) is 0 Å². The van der Waals surface area contributed by atoms with E-state index in [0.717, 1.165) is 22.4 Å². The van der Waals surface area contributed by atoms with Crippen LogP contribution in [0.3, 0.4) is 0 Å². The average molecular weight is 427 g/mol. The quantitative estimate of drug-likeness (QED) is 0.580. The molecule has 0 unspecified atom stereocenters. The third-order valence-electron chi connectivity index (χ3n) is 4.59. The molecule has 0 bridgehead atoms. The number of aliphatic carboxylic acids is 1. The number of ether oxygens (including phenoxy) is 4. The monoisotopic (exact) mass is 427 g/mol. The highest BCUT2D eigenvalue weighted by atomic mass is 32.1. The number of aromatic nitrogens is 1. The van der Waals surface area contributed by atoms with E-state index in [4.69, 9.17) is 24.1 Å². The first kappa shape index (κ1) is 20.3. The predicted molar refractivity (Wildman–Crippen MR) is 111 cm³/mol. The lowest BCUT2D eigenvalue weighted by molar-refractivity contribution is -0.136. The summed E-state index contributed by atoms with van der Waals surface area (Å²) in [4.78, 5) is 16.1. The second-order valence-electron chi connectivity index (χ2n) is 6.63. The Morgan fingerprint density at radius 3 is 2.67 bits per heavy atom. The van der Waals surface area contributed by atoms with Crippen LogP contribution in [0.25, 0.3) is 10.6 Å². The van der Waals surface area contributed by atoms with E-state index in [1.807, 2.05) is 42.5 Å². The van der Waals surface area contributed by atoms with Crippen LogP contribution in [0.5, 0.6) is 11.5 Å². The molecule has 1 aromatic heterocycles. The van der Waals surface area contributed by atoms with E-state index in [0.29, 0.717) is 35.5 Å². The Labute approximate surface area is 177 Å². The van der Waals surface area contributed by atoms with Crippen LogP contribution in [0.4, 0.5) is 0 Å². The van der Waals surface area contributed by atoms with E-state index < -0.39 is 12.3 Å². The van der Waals surface area contributed by atoms with E-state index >= 15 is 0 Å². The van der Waals surface area contributed by atoms with Crippen molar-refractivity contribution in [1.29, 1.82) is 0 Å². The Kier molecular flexibility index (Phi) is 6.27. The molecule has 156 valence electrons. The first-order valence-corrected chi connectivity index (χ1v) is 10.2. The van der Waals surface area contributed by atoms with Gasteiger partial charge in [0.15, 0.2) is 6.29 Å². The van der Waals surface area contributed by atoms with Gasteiger partial charge >= 0.3 is 5.97 Å². The molecule has 0 radical (unpaired) electrons. The third-order valence-corrected chi connectivity index (χ3v) is 5.62. The standard InChI is InChI=1S/C22H21NO6S/c1-26-15-7-5-14(6-8-15)13-29-18-4-2-3-17(20(18)22-27-9-10-28-22)21-23-12-16(30-21)11-19(24)25/h2-8,12,22H,9-11,13H2,1H3,(H,24,25). The summed E-state index contributed by atoms with van der Waals surface area (Å²) in [6.07, 6.45) is 0.981. The lowest BCUT2D eigenvalue weighted by Crippen LogP contribution is -2.06. The zero-order valence-corrected chi connectivity index (χ0v) is 17.2. The van der Waals surface area contributed by atoms with Crippen LogP contribution in [0.2, 0.25) is 0 Å². The fraction of sp³-hybridized carbons (Fsp3) is 0.273. The summed E-state index contributed by atoms with van der Waals surface area (Å²) in [5.41, 5.74) is 2.58. The summed E-state index contributed by atoms with van der Waals surface area (Å²) in [5, 5.41) is 9.74. The van der Waals surface area contributed by atoms with Gasteiger partial charge in [0.1, 0.15) is 23.1 Å². The number of carboxylic acid groups (broad SMARTS) is 1. The summed E-state index contributed by atoms with van der Waals surface area (Å²) in [6, 6.07) is 13.4. The number of carboxylic acids is 1. The number of benzene rings is 2. The molecule has 1 aliphatic rings. The van der Waals surface area contributed by atoms with Crippen molar-refractivity contribution in [2.75, 3.05) is 20.3 Å². The van der Waals surface area contributed by atoms with Crippen LogP contribution in [-0.2, 0) is 27.3 Å². The fourth-order valence-electron chi connectivity index (χ4n) is 3.17. The Bertz CT molecular complexity index is 1010. The molecule has 2 heterocycles. The van der Waals surface area contributed by atoms with E-state index in [-0.39, 0.29) is 6.42 Å². The van der Waals surface area contributed by atoms with Gasteiger partial charge in [-0.05, 0) is 23.8 Å². The molecule has 0 saturated carbocycles. The molecular formula is C22H21NO6S. The molecule has 1 fully saturated rings. The van der Waals surface area contributed by atoms with Gasteiger partial charge in [-0.15, -0.1) is 11.3 Å². The van der Waals surface area contributed by atoms with Crippen LogP contribution >= 0.6 is 11.3 Å². The molecule has 4 rings (SSSR count). The van der Waals surface area contributed by atoms with Crippen LogP contribution in [-0.4, -0.2) is 36.4 Å². The summed E-state index contributed by atoms with van der Waals surface area (Å²) in [5.74, 6) is 0.546. The normalized spacial score (nSPS) is 14.0. The van der Waals surface area contributed by atoms with Gasteiger partial charge in [-0.1, -0.05) is 24.3 Å². The van der Waals surface area contributed by atoms with Gasteiger partial charge in [-0.3, -0.25) is 4.79 Å². The van der Waals surface area contributed by atoms with Crippen molar-refractivity contribution in [2.24, 2.45) is 0 Å². The van der Waals surface area contributed by atoms with Crippen molar-refractivity contribution in [1.82, 2.24) is 4.98 Å². The maximum Gasteiger partial charge on any atom is 0.308 e. The molecule has 0 aliphatic carbocycles. The maximum absolute atomic E-state index is 11.0. The highest BCUT2D eigenvalue weighted by Gasteiger charge is 2.27. The smallest absolute Gasteiger partial charge is 0.308 e. The van der Waals surface area contributed by atoms with Gasteiger partial charge in [0.2, 0.25) is 0 Å². The number of hydrogen-bond donors (Lipinski definition) is 1. The number of methoxy groups -OCH3 is 1. The molecule has 1 N–H and O–H groups in total.